The fourth-order valence-electron chi connectivity index (χ4n) is 1.73. The van der Waals surface area contributed by atoms with Crippen LogP contribution in [0.3, 0.4) is 0 Å². The topological polar surface area (TPSA) is 38.3 Å². The summed E-state index contributed by atoms with van der Waals surface area (Å²) in [6.07, 6.45) is 1.28. The summed E-state index contributed by atoms with van der Waals surface area (Å²) in [5.74, 6) is -0.166. The number of rotatable bonds is 2. The normalized spacial score (nSPS) is 19.1. The summed E-state index contributed by atoms with van der Waals surface area (Å²) < 4.78 is 5.40. The molecule has 15 heavy (non-hydrogen) atoms. The molecule has 0 saturated heterocycles. The Bertz CT molecular complexity index is 387. The van der Waals surface area contributed by atoms with Gasteiger partial charge in [-0.2, -0.15) is 0 Å². The van der Waals surface area contributed by atoms with Crippen LogP contribution < -0.4 is 5.32 Å². The SMILES string of the molecule is C=CC(=O)N[C@H]1COCc2ccccc21. The highest BCUT2D eigenvalue weighted by Crippen LogP contribution is 2.24. The van der Waals surface area contributed by atoms with Gasteiger partial charge >= 0.3 is 0 Å². The molecule has 78 valence electrons. The van der Waals surface area contributed by atoms with E-state index in [0.29, 0.717) is 13.2 Å². The van der Waals surface area contributed by atoms with Gasteiger partial charge in [-0.3, -0.25) is 4.79 Å². The van der Waals surface area contributed by atoms with Crippen LogP contribution in [0.4, 0.5) is 0 Å². The van der Waals surface area contributed by atoms with Gasteiger partial charge in [-0.05, 0) is 17.2 Å². The Morgan fingerprint density at radius 1 is 1.53 bits per heavy atom. The highest BCUT2D eigenvalue weighted by Gasteiger charge is 2.20. The van der Waals surface area contributed by atoms with E-state index in [1.54, 1.807) is 0 Å². The molecule has 1 N–H and O–H groups in total. The first-order chi connectivity index (χ1) is 7.31. The summed E-state index contributed by atoms with van der Waals surface area (Å²) in [7, 11) is 0. The molecule has 3 nitrogen and oxygen atoms in total. The summed E-state index contributed by atoms with van der Waals surface area (Å²) in [6.45, 7) is 4.58. The molecule has 1 aliphatic heterocycles. The van der Waals surface area contributed by atoms with Gasteiger partial charge in [0.15, 0.2) is 0 Å². The first-order valence-electron chi connectivity index (χ1n) is 4.89. The first kappa shape index (κ1) is 9.93. The van der Waals surface area contributed by atoms with Crippen molar-refractivity contribution >= 4 is 5.91 Å². The first-order valence-corrected chi connectivity index (χ1v) is 4.89. The van der Waals surface area contributed by atoms with E-state index in [4.69, 9.17) is 4.74 Å². The van der Waals surface area contributed by atoms with Crippen molar-refractivity contribution in [2.45, 2.75) is 12.6 Å². The molecule has 0 spiro atoms. The van der Waals surface area contributed by atoms with Gasteiger partial charge in [-0.25, -0.2) is 0 Å². The smallest absolute Gasteiger partial charge is 0.243 e. The molecule has 1 aromatic carbocycles. The van der Waals surface area contributed by atoms with Gasteiger partial charge in [-0.1, -0.05) is 30.8 Å². The Morgan fingerprint density at radius 3 is 3.13 bits per heavy atom. The number of ether oxygens (including phenoxy) is 1. The monoisotopic (exact) mass is 203 g/mol. The number of benzene rings is 1. The quantitative estimate of drug-likeness (QED) is 0.741. The number of carbonyl (C=O) groups excluding carboxylic acids is 1. The fourth-order valence-corrected chi connectivity index (χ4v) is 1.73. The number of fused-ring (bicyclic) bond motifs is 1. The summed E-state index contributed by atoms with van der Waals surface area (Å²) in [5.41, 5.74) is 2.28. The predicted octanol–water partition coefficient (Wildman–Crippen LogP) is 1.56. The van der Waals surface area contributed by atoms with Crippen molar-refractivity contribution in [2.75, 3.05) is 6.61 Å². The molecule has 1 atom stereocenters. The Morgan fingerprint density at radius 2 is 2.33 bits per heavy atom. The Hall–Kier alpha value is -1.61. The van der Waals surface area contributed by atoms with Crippen LogP contribution in [-0.4, -0.2) is 12.5 Å². The predicted molar refractivity (Wildman–Crippen MR) is 57.2 cm³/mol. The van der Waals surface area contributed by atoms with Crippen LogP contribution in [0.1, 0.15) is 17.2 Å². The molecule has 1 aromatic rings. The molecule has 0 unspecified atom stereocenters. The van der Waals surface area contributed by atoms with E-state index in [1.807, 2.05) is 24.3 Å². The van der Waals surface area contributed by atoms with Crippen LogP contribution >= 0.6 is 0 Å². The molecule has 0 fully saturated rings. The Labute approximate surface area is 88.8 Å². The Balaban J connectivity index is 2.22. The minimum Gasteiger partial charge on any atom is -0.374 e. The zero-order valence-corrected chi connectivity index (χ0v) is 8.40. The standard InChI is InChI=1S/C12H13NO2/c1-2-12(14)13-11-8-15-7-9-5-3-4-6-10(9)11/h2-6,11H,1,7-8H2,(H,13,14)/t11-/m0/s1. The van der Waals surface area contributed by atoms with E-state index in [-0.39, 0.29) is 11.9 Å². The largest absolute Gasteiger partial charge is 0.374 e. The van der Waals surface area contributed by atoms with Crippen molar-refractivity contribution in [3.8, 4) is 0 Å². The maximum Gasteiger partial charge on any atom is 0.243 e. The number of amides is 1. The summed E-state index contributed by atoms with van der Waals surface area (Å²) in [6, 6.07) is 7.92. The number of hydrogen-bond acceptors (Lipinski definition) is 2. The molecule has 1 heterocycles. The molecular formula is C12H13NO2. The van der Waals surface area contributed by atoms with Crippen LogP contribution in [0.2, 0.25) is 0 Å². The second kappa shape index (κ2) is 4.28. The second-order valence-electron chi connectivity index (χ2n) is 3.48. The molecule has 3 heteroatoms. The molecular weight excluding hydrogens is 190 g/mol. The van der Waals surface area contributed by atoms with Gasteiger partial charge in [-0.15, -0.1) is 0 Å². The lowest BCUT2D eigenvalue weighted by Gasteiger charge is -2.25. The Kier molecular flexibility index (Phi) is 2.83. The van der Waals surface area contributed by atoms with Gasteiger partial charge in [0.1, 0.15) is 0 Å². The molecule has 0 aliphatic carbocycles. The molecule has 0 aromatic heterocycles. The van der Waals surface area contributed by atoms with Crippen LogP contribution in [-0.2, 0) is 16.1 Å². The average Bonchev–Trinajstić information content (AvgIpc) is 2.29. The van der Waals surface area contributed by atoms with Gasteiger partial charge in [0.25, 0.3) is 0 Å². The van der Waals surface area contributed by atoms with Gasteiger partial charge < -0.3 is 10.1 Å². The van der Waals surface area contributed by atoms with Gasteiger partial charge in [0.05, 0.1) is 19.3 Å². The lowest BCUT2D eigenvalue weighted by atomic mass is 9.99. The number of carbonyl (C=O) groups is 1. The summed E-state index contributed by atoms with van der Waals surface area (Å²) in [5, 5.41) is 2.84. The van der Waals surface area contributed by atoms with Gasteiger partial charge in [0.2, 0.25) is 5.91 Å². The highest BCUT2D eigenvalue weighted by atomic mass is 16.5. The van der Waals surface area contributed by atoms with Crippen LogP contribution in [0.25, 0.3) is 0 Å². The van der Waals surface area contributed by atoms with Crippen LogP contribution in [0, 0.1) is 0 Å². The summed E-state index contributed by atoms with van der Waals surface area (Å²) >= 11 is 0. The van der Waals surface area contributed by atoms with Crippen molar-refractivity contribution in [3.63, 3.8) is 0 Å². The van der Waals surface area contributed by atoms with Crippen LogP contribution in [0.15, 0.2) is 36.9 Å². The second-order valence-corrected chi connectivity index (χ2v) is 3.48. The van der Waals surface area contributed by atoms with E-state index < -0.39 is 0 Å². The third kappa shape index (κ3) is 2.07. The molecule has 0 radical (unpaired) electrons. The van der Waals surface area contributed by atoms with Crippen molar-refractivity contribution in [3.05, 3.63) is 48.0 Å². The van der Waals surface area contributed by atoms with E-state index in [0.717, 1.165) is 11.1 Å². The lowest BCUT2D eigenvalue weighted by Crippen LogP contribution is -2.33. The van der Waals surface area contributed by atoms with Crippen LogP contribution in [0.5, 0.6) is 0 Å². The minimum atomic E-state index is -0.166. The van der Waals surface area contributed by atoms with E-state index in [9.17, 15) is 4.79 Å². The maximum absolute atomic E-state index is 11.2. The third-order valence-electron chi connectivity index (χ3n) is 2.47. The summed E-state index contributed by atoms with van der Waals surface area (Å²) in [4.78, 5) is 11.2. The zero-order chi connectivity index (χ0) is 10.7. The number of hydrogen-bond donors (Lipinski definition) is 1. The number of nitrogens with one attached hydrogen (secondary N) is 1. The maximum atomic E-state index is 11.2. The van der Waals surface area contributed by atoms with E-state index >= 15 is 0 Å². The van der Waals surface area contributed by atoms with Crippen molar-refractivity contribution in [2.24, 2.45) is 0 Å². The third-order valence-corrected chi connectivity index (χ3v) is 2.47. The highest BCUT2D eigenvalue weighted by molar-refractivity contribution is 5.87. The molecule has 1 amide bonds. The van der Waals surface area contributed by atoms with Crippen molar-refractivity contribution in [1.82, 2.24) is 5.32 Å². The van der Waals surface area contributed by atoms with E-state index in [1.165, 1.54) is 6.08 Å². The van der Waals surface area contributed by atoms with E-state index in [2.05, 4.69) is 11.9 Å². The molecule has 0 saturated carbocycles. The molecule has 1 aliphatic rings. The minimum absolute atomic E-state index is 0.0551. The molecule has 2 rings (SSSR count). The van der Waals surface area contributed by atoms with Gasteiger partial charge in [0, 0.05) is 0 Å². The zero-order valence-electron chi connectivity index (χ0n) is 8.40. The van der Waals surface area contributed by atoms with Crippen molar-refractivity contribution < 1.29 is 9.53 Å². The lowest BCUT2D eigenvalue weighted by molar-refractivity contribution is -0.117. The fraction of sp³-hybridized carbons (Fsp3) is 0.250. The molecule has 0 bridgehead atoms. The van der Waals surface area contributed by atoms with Crippen molar-refractivity contribution in [1.29, 1.82) is 0 Å². The average molecular weight is 203 g/mol.